The van der Waals surface area contributed by atoms with Crippen molar-refractivity contribution in [2.45, 2.75) is 31.8 Å². The predicted molar refractivity (Wildman–Crippen MR) is 92.3 cm³/mol. The van der Waals surface area contributed by atoms with Gasteiger partial charge in [0.1, 0.15) is 0 Å². The van der Waals surface area contributed by atoms with Gasteiger partial charge in [-0.05, 0) is 31.9 Å². The molecule has 1 aromatic carbocycles. The van der Waals surface area contributed by atoms with Crippen LogP contribution in [0.15, 0.2) is 36.5 Å². The van der Waals surface area contributed by atoms with Gasteiger partial charge in [0.25, 0.3) is 0 Å². The van der Waals surface area contributed by atoms with Crippen LogP contribution in [0.25, 0.3) is 5.69 Å². The van der Waals surface area contributed by atoms with Gasteiger partial charge in [0.2, 0.25) is 10.0 Å². The molecular formula is C16H23N5O2S. The lowest BCUT2D eigenvalue weighted by atomic mass is 10.0. The van der Waals surface area contributed by atoms with Crippen LogP contribution in [0.3, 0.4) is 0 Å². The highest BCUT2D eigenvalue weighted by Gasteiger charge is 2.26. The number of rotatable bonds is 5. The van der Waals surface area contributed by atoms with Crippen molar-refractivity contribution in [2.24, 2.45) is 0 Å². The molecule has 0 amide bonds. The molecule has 0 saturated carbocycles. The van der Waals surface area contributed by atoms with Crippen molar-refractivity contribution < 1.29 is 8.42 Å². The summed E-state index contributed by atoms with van der Waals surface area (Å²) in [5.74, 6) is 0. The number of benzene rings is 1. The summed E-state index contributed by atoms with van der Waals surface area (Å²) in [6.07, 6.45) is 4.79. The van der Waals surface area contributed by atoms with Crippen molar-refractivity contribution in [3.8, 4) is 5.69 Å². The minimum Gasteiger partial charge on any atom is -0.295 e. The zero-order valence-electron chi connectivity index (χ0n) is 14.0. The Hall–Kier alpha value is -1.77. The quantitative estimate of drug-likeness (QED) is 0.881. The maximum atomic E-state index is 11.3. The standard InChI is InChI=1S/C16H23N5O2S/c1-13(20-10-8-14(9-11-20)18-24(2,22)23)16-12-21(19-17-16)15-6-4-3-5-7-15/h3-7,12-14,18H,8-11H2,1-2H3/t13-/m0/s1. The smallest absolute Gasteiger partial charge is 0.208 e. The fraction of sp³-hybridized carbons (Fsp3) is 0.500. The third-order valence-corrected chi connectivity index (χ3v) is 5.18. The molecule has 2 aromatic rings. The second-order valence-electron chi connectivity index (χ2n) is 6.30. The summed E-state index contributed by atoms with van der Waals surface area (Å²) in [4.78, 5) is 2.32. The highest BCUT2D eigenvalue weighted by atomic mass is 32.2. The average Bonchev–Trinajstić information content (AvgIpc) is 3.04. The van der Waals surface area contributed by atoms with Gasteiger partial charge in [-0.15, -0.1) is 5.10 Å². The Morgan fingerprint density at radius 2 is 1.88 bits per heavy atom. The van der Waals surface area contributed by atoms with Crippen molar-refractivity contribution >= 4 is 10.0 Å². The van der Waals surface area contributed by atoms with E-state index in [9.17, 15) is 8.42 Å². The molecule has 0 spiro atoms. The maximum Gasteiger partial charge on any atom is 0.208 e. The van der Waals surface area contributed by atoms with Gasteiger partial charge >= 0.3 is 0 Å². The lowest BCUT2D eigenvalue weighted by molar-refractivity contribution is 0.156. The normalized spacial score (nSPS) is 18.6. The summed E-state index contributed by atoms with van der Waals surface area (Å²) in [5, 5.41) is 8.52. The van der Waals surface area contributed by atoms with Gasteiger partial charge in [-0.3, -0.25) is 4.90 Å². The zero-order valence-corrected chi connectivity index (χ0v) is 14.8. The Balaban J connectivity index is 1.62. The molecule has 1 aromatic heterocycles. The molecule has 1 aliphatic heterocycles. The molecule has 8 heteroatoms. The first kappa shape index (κ1) is 17.1. The number of para-hydroxylation sites is 1. The lowest BCUT2D eigenvalue weighted by Crippen LogP contribution is -2.45. The van der Waals surface area contributed by atoms with Gasteiger partial charge in [0, 0.05) is 19.1 Å². The van der Waals surface area contributed by atoms with E-state index in [2.05, 4.69) is 26.9 Å². The van der Waals surface area contributed by atoms with Gasteiger partial charge in [-0.2, -0.15) is 0 Å². The van der Waals surface area contributed by atoms with E-state index in [0.717, 1.165) is 37.3 Å². The monoisotopic (exact) mass is 349 g/mol. The minimum atomic E-state index is -3.14. The first-order valence-electron chi connectivity index (χ1n) is 8.11. The van der Waals surface area contributed by atoms with E-state index in [1.54, 1.807) is 4.68 Å². The van der Waals surface area contributed by atoms with E-state index in [1.165, 1.54) is 6.26 Å². The molecule has 1 aliphatic rings. The molecular weight excluding hydrogens is 326 g/mol. The van der Waals surface area contributed by atoms with Crippen LogP contribution in [0.2, 0.25) is 0 Å². The molecule has 24 heavy (non-hydrogen) atoms. The number of hydrogen-bond acceptors (Lipinski definition) is 5. The number of sulfonamides is 1. The Bertz CT molecular complexity index is 767. The van der Waals surface area contributed by atoms with Crippen molar-refractivity contribution in [1.29, 1.82) is 0 Å². The molecule has 1 fully saturated rings. The van der Waals surface area contributed by atoms with E-state index in [1.807, 2.05) is 36.5 Å². The van der Waals surface area contributed by atoms with Gasteiger partial charge in [0.15, 0.2) is 0 Å². The van der Waals surface area contributed by atoms with E-state index in [0.29, 0.717) is 0 Å². The number of likely N-dealkylation sites (tertiary alicyclic amines) is 1. The summed E-state index contributed by atoms with van der Waals surface area (Å²) in [5.41, 5.74) is 1.91. The molecule has 2 heterocycles. The summed E-state index contributed by atoms with van der Waals surface area (Å²) in [6.45, 7) is 3.79. The van der Waals surface area contributed by atoms with Gasteiger partial charge in [-0.1, -0.05) is 23.4 Å². The van der Waals surface area contributed by atoms with E-state index < -0.39 is 10.0 Å². The van der Waals surface area contributed by atoms with Crippen LogP contribution in [-0.2, 0) is 10.0 Å². The minimum absolute atomic E-state index is 0.0310. The SMILES string of the molecule is C[C@@H](c1cn(-c2ccccc2)nn1)N1CCC(NS(C)(=O)=O)CC1. The molecule has 1 atom stereocenters. The highest BCUT2D eigenvalue weighted by Crippen LogP contribution is 2.23. The molecule has 1 N–H and O–H groups in total. The number of nitrogens with zero attached hydrogens (tertiary/aromatic N) is 4. The number of aromatic nitrogens is 3. The van der Waals surface area contributed by atoms with Gasteiger partial charge in [0.05, 0.1) is 29.9 Å². The second-order valence-corrected chi connectivity index (χ2v) is 8.08. The van der Waals surface area contributed by atoms with E-state index in [-0.39, 0.29) is 12.1 Å². The number of nitrogens with one attached hydrogen (secondary N) is 1. The third kappa shape index (κ3) is 4.19. The molecule has 1 saturated heterocycles. The van der Waals surface area contributed by atoms with Crippen molar-refractivity contribution in [1.82, 2.24) is 24.6 Å². The van der Waals surface area contributed by atoms with Crippen LogP contribution < -0.4 is 4.72 Å². The third-order valence-electron chi connectivity index (χ3n) is 4.42. The van der Waals surface area contributed by atoms with E-state index in [4.69, 9.17) is 0 Å². The average molecular weight is 349 g/mol. The maximum absolute atomic E-state index is 11.3. The highest BCUT2D eigenvalue weighted by molar-refractivity contribution is 7.88. The largest absolute Gasteiger partial charge is 0.295 e. The van der Waals surface area contributed by atoms with Crippen molar-refractivity contribution in [3.05, 3.63) is 42.2 Å². The fourth-order valence-electron chi connectivity index (χ4n) is 3.07. The topological polar surface area (TPSA) is 80.1 Å². The Morgan fingerprint density at radius 3 is 2.50 bits per heavy atom. The first-order chi connectivity index (χ1) is 11.4. The molecule has 0 bridgehead atoms. The molecule has 0 radical (unpaired) electrons. The van der Waals surface area contributed by atoms with Gasteiger partial charge < -0.3 is 0 Å². The zero-order chi connectivity index (χ0) is 17.2. The first-order valence-corrected chi connectivity index (χ1v) is 10.0. The van der Waals surface area contributed by atoms with Gasteiger partial charge in [-0.25, -0.2) is 17.8 Å². The van der Waals surface area contributed by atoms with Crippen LogP contribution in [0.5, 0.6) is 0 Å². The van der Waals surface area contributed by atoms with Crippen LogP contribution in [0.4, 0.5) is 0 Å². The number of hydrogen-bond donors (Lipinski definition) is 1. The second kappa shape index (κ2) is 7.00. The Kier molecular flexibility index (Phi) is 4.98. The van der Waals surface area contributed by atoms with E-state index >= 15 is 0 Å². The number of piperidine rings is 1. The lowest BCUT2D eigenvalue weighted by Gasteiger charge is -2.35. The summed E-state index contributed by atoms with van der Waals surface area (Å²) < 4.78 is 27.1. The van der Waals surface area contributed by atoms with Crippen LogP contribution in [-0.4, -0.2) is 53.7 Å². The molecule has 7 nitrogen and oxygen atoms in total. The Morgan fingerprint density at radius 1 is 1.21 bits per heavy atom. The summed E-state index contributed by atoms with van der Waals surface area (Å²) >= 11 is 0. The fourth-order valence-corrected chi connectivity index (χ4v) is 3.91. The predicted octanol–water partition coefficient (Wildman–Crippen LogP) is 1.34. The molecule has 0 unspecified atom stereocenters. The van der Waals surface area contributed by atoms with Crippen LogP contribution in [0.1, 0.15) is 31.5 Å². The molecule has 130 valence electrons. The molecule has 0 aliphatic carbocycles. The molecule has 3 rings (SSSR count). The summed E-state index contributed by atoms with van der Waals surface area (Å²) in [7, 11) is -3.14. The van der Waals surface area contributed by atoms with Crippen molar-refractivity contribution in [2.75, 3.05) is 19.3 Å². The Labute approximate surface area is 142 Å². The van der Waals surface area contributed by atoms with Crippen LogP contribution >= 0.6 is 0 Å². The van der Waals surface area contributed by atoms with Crippen molar-refractivity contribution in [3.63, 3.8) is 0 Å². The summed E-state index contributed by atoms with van der Waals surface area (Å²) in [6, 6.07) is 10.1. The van der Waals surface area contributed by atoms with Crippen LogP contribution in [0, 0.1) is 0 Å².